The highest BCUT2D eigenvalue weighted by molar-refractivity contribution is 6.32. The van der Waals surface area contributed by atoms with Crippen LogP contribution in [-0.4, -0.2) is 32.7 Å². The van der Waals surface area contributed by atoms with Crippen LogP contribution in [0.1, 0.15) is 5.56 Å². The van der Waals surface area contributed by atoms with Gasteiger partial charge in [-0.1, -0.05) is 17.7 Å². The number of nitrogens with zero attached hydrogens (tertiary/aromatic N) is 1. The van der Waals surface area contributed by atoms with E-state index in [-0.39, 0.29) is 0 Å². The Bertz CT molecular complexity index is 583. The van der Waals surface area contributed by atoms with Gasteiger partial charge in [-0.15, -0.1) is 0 Å². The molecular weight excluding hydrogens is 276 g/mol. The molecule has 1 aromatic rings. The molecule has 0 aromatic heterocycles. The molecule has 0 aliphatic carbocycles. The van der Waals surface area contributed by atoms with E-state index >= 15 is 0 Å². The van der Waals surface area contributed by atoms with Crippen LogP contribution in [0.5, 0.6) is 5.75 Å². The fourth-order valence-corrected chi connectivity index (χ4v) is 2.50. The van der Waals surface area contributed by atoms with Crippen molar-refractivity contribution in [3.63, 3.8) is 0 Å². The van der Waals surface area contributed by atoms with Gasteiger partial charge in [0.1, 0.15) is 5.75 Å². The number of aliphatic imine (C=N–C) groups is 1. The third-order valence-electron chi connectivity index (χ3n) is 3.43. The van der Waals surface area contributed by atoms with E-state index in [0.29, 0.717) is 17.3 Å². The van der Waals surface area contributed by atoms with Crippen molar-refractivity contribution in [2.75, 3.05) is 26.7 Å². The van der Waals surface area contributed by atoms with Crippen LogP contribution in [-0.2, 0) is 6.54 Å². The van der Waals surface area contributed by atoms with Crippen LogP contribution in [0.4, 0.5) is 0 Å². The van der Waals surface area contributed by atoms with E-state index < -0.39 is 0 Å². The summed E-state index contributed by atoms with van der Waals surface area (Å²) in [5.74, 6) is 1.51. The first kappa shape index (κ1) is 13.3. The molecule has 1 aromatic carbocycles. The number of nitrogens with one attached hydrogen (secondary N) is 3. The van der Waals surface area contributed by atoms with Crippen molar-refractivity contribution < 1.29 is 4.74 Å². The molecule has 2 heterocycles. The molecule has 0 bridgehead atoms. The minimum absolute atomic E-state index is 0.621. The van der Waals surface area contributed by atoms with E-state index in [4.69, 9.17) is 16.3 Å². The summed E-state index contributed by atoms with van der Waals surface area (Å²) in [4.78, 5) is 4.57. The lowest BCUT2D eigenvalue weighted by Gasteiger charge is -2.17. The number of hydrogen-bond donors (Lipinski definition) is 3. The van der Waals surface area contributed by atoms with Gasteiger partial charge in [0.05, 0.1) is 17.8 Å². The van der Waals surface area contributed by atoms with Gasteiger partial charge in [0.15, 0.2) is 5.96 Å². The fourth-order valence-electron chi connectivity index (χ4n) is 2.31. The number of methoxy groups -OCH3 is 1. The van der Waals surface area contributed by atoms with Crippen molar-refractivity contribution >= 4 is 17.6 Å². The second kappa shape index (κ2) is 5.73. The Morgan fingerprint density at radius 1 is 1.35 bits per heavy atom. The van der Waals surface area contributed by atoms with Gasteiger partial charge < -0.3 is 20.7 Å². The summed E-state index contributed by atoms with van der Waals surface area (Å²) in [5, 5.41) is 10.5. The topological polar surface area (TPSA) is 57.7 Å². The lowest BCUT2D eigenvalue weighted by Crippen LogP contribution is -2.40. The fraction of sp³-hybridized carbons (Fsp3) is 0.357. The molecule has 3 N–H and O–H groups in total. The molecule has 0 amide bonds. The minimum atomic E-state index is 0.621. The van der Waals surface area contributed by atoms with Crippen LogP contribution in [0, 0.1) is 0 Å². The number of halogens is 1. The maximum absolute atomic E-state index is 6.01. The highest BCUT2D eigenvalue weighted by atomic mass is 35.5. The van der Waals surface area contributed by atoms with Gasteiger partial charge in [-0.2, -0.15) is 0 Å². The largest absolute Gasteiger partial charge is 0.495 e. The van der Waals surface area contributed by atoms with E-state index in [1.165, 1.54) is 5.57 Å². The number of rotatable bonds is 3. The van der Waals surface area contributed by atoms with Crippen LogP contribution < -0.4 is 20.7 Å². The summed E-state index contributed by atoms with van der Waals surface area (Å²) in [6.45, 7) is 3.33. The quantitative estimate of drug-likeness (QED) is 0.785. The summed E-state index contributed by atoms with van der Waals surface area (Å²) in [6, 6.07) is 5.75. The van der Waals surface area contributed by atoms with Gasteiger partial charge in [-0.05, 0) is 23.3 Å². The molecule has 0 unspecified atom stereocenters. The third-order valence-corrected chi connectivity index (χ3v) is 3.74. The zero-order valence-electron chi connectivity index (χ0n) is 11.3. The molecule has 2 aliphatic rings. The standard InChI is InChI=1S/C14H17ClN4O/c1-20-13-4-9(2-3-11(13)15)5-17-14-18-7-10-6-16-8-12(10)19-14/h2-4,16H,5-8H2,1H3,(H2,17,18,19). The molecule has 0 saturated carbocycles. The lowest BCUT2D eigenvalue weighted by molar-refractivity contribution is 0.414. The SMILES string of the molecule is COc1cc(CNC2=NC3=C(CNC3)CN2)ccc1Cl. The highest BCUT2D eigenvalue weighted by Crippen LogP contribution is 2.24. The normalized spacial score (nSPS) is 17.4. The van der Waals surface area contributed by atoms with E-state index in [2.05, 4.69) is 20.9 Å². The number of benzene rings is 1. The van der Waals surface area contributed by atoms with E-state index in [1.807, 2.05) is 18.2 Å². The molecule has 0 atom stereocenters. The first-order valence-corrected chi connectivity index (χ1v) is 6.94. The summed E-state index contributed by atoms with van der Waals surface area (Å²) < 4.78 is 5.21. The van der Waals surface area contributed by atoms with Crippen LogP contribution in [0.2, 0.25) is 5.02 Å². The van der Waals surface area contributed by atoms with Gasteiger partial charge in [0, 0.05) is 26.2 Å². The second-order valence-electron chi connectivity index (χ2n) is 4.79. The van der Waals surface area contributed by atoms with Crippen molar-refractivity contribution in [3.8, 4) is 5.75 Å². The minimum Gasteiger partial charge on any atom is -0.495 e. The highest BCUT2D eigenvalue weighted by Gasteiger charge is 2.18. The number of ether oxygens (including phenoxy) is 1. The maximum atomic E-state index is 6.01. The Labute approximate surface area is 123 Å². The average molecular weight is 293 g/mol. The number of hydrogen-bond acceptors (Lipinski definition) is 5. The number of guanidine groups is 1. The lowest BCUT2D eigenvalue weighted by atomic mass is 10.2. The van der Waals surface area contributed by atoms with Crippen LogP contribution in [0.15, 0.2) is 34.5 Å². The summed E-state index contributed by atoms with van der Waals surface area (Å²) >= 11 is 6.01. The summed E-state index contributed by atoms with van der Waals surface area (Å²) in [7, 11) is 1.62. The molecule has 5 nitrogen and oxygen atoms in total. The molecule has 20 heavy (non-hydrogen) atoms. The molecule has 6 heteroatoms. The van der Waals surface area contributed by atoms with Gasteiger partial charge in [-0.25, -0.2) is 4.99 Å². The van der Waals surface area contributed by atoms with Crippen molar-refractivity contribution in [1.29, 1.82) is 0 Å². The monoisotopic (exact) mass is 292 g/mol. The molecule has 2 aliphatic heterocycles. The predicted molar refractivity (Wildman–Crippen MR) is 80.2 cm³/mol. The molecule has 0 saturated heterocycles. The van der Waals surface area contributed by atoms with Crippen molar-refractivity contribution in [1.82, 2.24) is 16.0 Å². The Balaban J connectivity index is 1.65. The van der Waals surface area contributed by atoms with Gasteiger partial charge >= 0.3 is 0 Å². The van der Waals surface area contributed by atoms with Crippen molar-refractivity contribution in [2.24, 2.45) is 4.99 Å². The van der Waals surface area contributed by atoms with Crippen molar-refractivity contribution in [3.05, 3.63) is 40.1 Å². The Morgan fingerprint density at radius 3 is 3.10 bits per heavy atom. The maximum Gasteiger partial charge on any atom is 0.196 e. The summed E-state index contributed by atoms with van der Waals surface area (Å²) in [6.07, 6.45) is 0. The molecule has 0 radical (unpaired) electrons. The van der Waals surface area contributed by atoms with E-state index in [1.54, 1.807) is 7.11 Å². The molecule has 0 fully saturated rings. The zero-order chi connectivity index (χ0) is 13.9. The van der Waals surface area contributed by atoms with Crippen LogP contribution >= 0.6 is 11.6 Å². The van der Waals surface area contributed by atoms with Gasteiger partial charge in [0.2, 0.25) is 0 Å². The molecular formula is C14H17ClN4O. The first-order valence-electron chi connectivity index (χ1n) is 6.57. The third kappa shape index (κ3) is 2.73. The van der Waals surface area contributed by atoms with Gasteiger partial charge in [-0.3, -0.25) is 0 Å². The Morgan fingerprint density at radius 2 is 2.25 bits per heavy atom. The van der Waals surface area contributed by atoms with Crippen LogP contribution in [0.3, 0.4) is 0 Å². The molecule has 3 rings (SSSR count). The smallest absolute Gasteiger partial charge is 0.196 e. The summed E-state index contributed by atoms with van der Waals surface area (Å²) in [5.41, 5.74) is 3.60. The molecule has 106 valence electrons. The first-order chi connectivity index (χ1) is 9.76. The van der Waals surface area contributed by atoms with E-state index in [0.717, 1.165) is 36.9 Å². The molecule has 0 spiro atoms. The van der Waals surface area contributed by atoms with Crippen molar-refractivity contribution in [2.45, 2.75) is 6.54 Å². The second-order valence-corrected chi connectivity index (χ2v) is 5.20. The van der Waals surface area contributed by atoms with Crippen LogP contribution in [0.25, 0.3) is 0 Å². The Kier molecular flexibility index (Phi) is 3.80. The Hall–Kier alpha value is -1.72. The van der Waals surface area contributed by atoms with Gasteiger partial charge in [0.25, 0.3) is 0 Å². The average Bonchev–Trinajstić information content (AvgIpc) is 2.94. The van der Waals surface area contributed by atoms with E-state index in [9.17, 15) is 0 Å². The predicted octanol–water partition coefficient (Wildman–Crippen LogP) is 1.25. The zero-order valence-corrected chi connectivity index (χ0v) is 12.0.